The molecule has 2 N–H and O–H groups in total. The summed E-state index contributed by atoms with van der Waals surface area (Å²) in [5.41, 5.74) is 1.69. The van der Waals surface area contributed by atoms with E-state index < -0.39 is 0 Å². The first-order chi connectivity index (χ1) is 13.2. The predicted octanol–water partition coefficient (Wildman–Crippen LogP) is 2.61. The third-order valence-electron chi connectivity index (χ3n) is 5.52. The van der Waals surface area contributed by atoms with Crippen LogP contribution in [-0.2, 0) is 9.53 Å². The lowest BCUT2D eigenvalue weighted by Crippen LogP contribution is -2.47. The molecule has 0 saturated carbocycles. The third-order valence-corrected chi connectivity index (χ3v) is 5.52. The molecule has 2 saturated heterocycles. The Morgan fingerprint density at radius 3 is 2.93 bits per heavy atom. The quantitative estimate of drug-likeness (QED) is 0.866. The monoisotopic (exact) mass is 369 g/mol. The number of piperidine rings is 1. The second-order valence-corrected chi connectivity index (χ2v) is 7.49. The average molecular weight is 369 g/mol. The van der Waals surface area contributed by atoms with E-state index in [4.69, 9.17) is 4.74 Å². The number of benzene rings is 1. The molecule has 27 heavy (non-hydrogen) atoms. The zero-order valence-electron chi connectivity index (χ0n) is 15.8. The van der Waals surface area contributed by atoms with Gasteiger partial charge in [-0.1, -0.05) is 12.1 Å². The van der Waals surface area contributed by atoms with E-state index in [1.165, 1.54) is 0 Å². The Balaban J connectivity index is 1.39. The SMILES string of the molecule is Cc1nc(-c2cccc(NC(=O)C3CCCN(C4CCOCC4)C3)c2)n[nH]1. The molecule has 1 unspecified atom stereocenters. The lowest BCUT2D eigenvalue weighted by atomic mass is 9.94. The highest BCUT2D eigenvalue weighted by Gasteiger charge is 2.30. The van der Waals surface area contributed by atoms with Gasteiger partial charge in [-0.05, 0) is 51.3 Å². The number of rotatable bonds is 4. The number of nitrogens with zero attached hydrogens (tertiary/aromatic N) is 3. The molecule has 1 aromatic carbocycles. The van der Waals surface area contributed by atoms with Crippen LogP contribution in [0.3, 0.4) is 0 Å². The Morgan fingerprint density at radius 1 is 1.30 bits per heavy atom. The Bertz CT molecular complexity index is 784. The number of H-pyrrole nitrogens is 1. The predicted molar refractivity (Wildman–Crippen MR) is 103 cm³/mol. The molecular formula is C20H27N5O2. The summed E-state index contributed by atoms with van der Waals surface area (Å²) in [5, 5.41) is 10.1. The fourth-order valence-electron chi connectivity index (χ4n) is 4.05. The van der Waals surface area contributed by atoms with Crippen LogP contribution in [0.15, 0.2) is 24.3 Å². The van der Waals surface area contributed by atoms with Gasteiger partial charge in [0, 0.05) is 37.1 Å². The van der Waals surface area contributed by atoms with Gasteiger partial charge in [0.05, 0.1) is 5.92 Å². The van der Waals surface area contributed by atoms with Crippen molar-refractivity contribution in [2.75, 3.05) is 31.6 Å². The van der Waals surface area contributed by atoms with Gasteiger partial charge in [0.1, 0.15) is 5.82 Å². The van der Waals surface area contributed by atoms with Gasteiger partial charge in [-0.3, -0.25) is 14.8 Å². The number of hydrogen-bond donors (Lipinski definition) is 2. The molecule has 2 fully saturated rings. The summed E-state index contributed by atoms with van der Waals surface area (Å²) in [4.78, 5) is 19.7. The highest BCUT2D eigenvalue weighted by Crippen LogP contribution is 2.25. The number of carbonyl (C=O) groups excluding carboxylic acids is 1. The van der Waals surface area contributed by atoms with Gasteiger partial charge in [0.15, 0.2) is 5.82 Å². The maximum Gasteiger partial charge on any atom is 0.228 e. The van der Waals surface area contributed by atoms with Gasteiger partial charge in [0.2, 0.25) is 5.91 Å². The van der Waals surface area contributed by atoms with Crippen molar-refractivity contribution in [3.8, 4) is 11.4 Å². The second kappa shape index (κ2) is 8.19. The number of likely N-dealkylation sites (tertiary alicyclic amines) is 1. The summed E-state index contributed by atoms with van der Waals surface area (Å²) in [6, 6.07) is 8.28. The smallest absolute Gasteiger partial charge is 0.228 e. The number of aromatic nitrogens is 3. The van der Waals surface area contributed by atoms with Crippen LogP contribution in [0.2, 0.25) is 0 Å². The normalized spacial score (nSPS) is 21.9. The number of carbonyl (C=O) groups is 1. The van der Waals surface area contributed by atoms with Crippen molar-refractivity contribution in [2.45, 2.75) is 38.6 Å². The first-order valence-electron chi connectivity index (χ1n) is 9.81. The minimum absolute atomic E-state index is 0.0380. The molecular weight excluding hydrogens is 342 g/mol. The van der Waals surface area contributed by atoms with Crippen molar-refractivity contribution < 1.29 is 9.53 Å². The first-order valence-corrected chi connectivity index (χ1v) is 9.81. The van der Waals surface area contributed by atoms with Gasteiger partial charge in [-0.25, -0.2) is 4.98 Å². The number of ether oxygens (including phenoxy) is 1. The van der Waals surface area contributed by atoms with Crippen LogP contribution in [0.25, 0.3) is 11.4 Å². The van der Waals surface area contributed by atoms with E-state index in [2.05, 4.69) is 25.4 Å². The van der Waals surface area contributed by atoms with E-state index >= 15 is 0 Å². The molecule has 1 atom stereocenters. The van der Waals surface area contributed by atoms with Crippen LogP contribution in [0, 0.1) is 12.8 Å². The minimum atomic E-state index is 0.0380. The number of amides is 1. The van der Waals surface area contributed by atoms with Gasteiger partial charge >= 0.3 is 0 Å². The summed E-state index contributed by atoms with van der Waals surface area (Å²) in [6.07, 6.45) is 4.18. The summed E-state index contributed by atoms with van der Waals surface area (Å²) in [6.45, 7) is 5.48. The molecule has 0 spiro atoms. The first kappa shape index (κ1) is 18.1. The molecule has 7 heteroatoms. The molecule has 2 aliphatic rings. The standard InChI is InChI=1S/C20H27N5O2/c1-14-21-19(24-23-14)15-4-2-6-17(12-15)22-20(26)16-5-3-9-25(13-16)18-7-10-27-11-8-18/h2,4,6,12,16,18H,3,5,7-11,13H2,1H3,(H,22,26)(H,21,23,24). The Labute approximate surface area is 159 Å². The van der Waals surface area contributed by atoms with E-state index in [1.807, 2.05) is 31.2 Å². The Hall–Kier alpha value is -2.25. The fraction of sp³-hybridized carbons (Fsp3) is 0.550. The van der Waals surface area contributed by atoms with Crippen molar-refractivity contribution in [1.82, 2.24) is 20.1 Å². The number of anilines is 1. The maximum atomic E-state index is 12.8. The van der Waals surface area contributed by atoms with Crippen LogP contribution in [0.5, 0.6) is 0 Å². The number of aryl methyl sites for hydroxylation is 1. The van der Waals surface area contributed by atoms with Crippen LogP contribution in [-0.4, -0.2) is 58.3 Å². The lowest BCUT2D eigenvalue weighted by molar-refractivity contribution is -0.122. The topological polar surface area (TPSA) is 83.1 Å². The van der Waals surface area contributed by atoms with Gasteiger partial charge in [0.25, 0.3) is 0 Å². The van der Waals surface area contributed by atoms with Crippen LogP contribution in [0.4, 0.5) is 5.69 Å². The van der Waals surface area contributed by atoms with E-state index in [0.717, 1.165) is 69.1 Å². The maximum absolute atomic E-state index is 12.8. The van der Waals surface area contributed by atoms with Gasteiger partial charge in [-0.15, -0.1) is 0 Å². The molecule has 2 aliphatic heterocycles. The van der Waals surface area contributed by atoms with Crippen LogP contribution < -0.4 is 5.32 Å². The highest BCUT2D eigenvalue weighted by molar-refractivity contribution is 5.93. The third kappa shape index (κ3) is 4.36. The summed E-state index contributed by atoms with van der Waals surface area (Å²) in [5.74, 6) is 1.56. The Kier molecular flexibility index (Phi) is 5.50. The van der Waals surface area contributed by atoms with Crippen molar-refractivity contribution in [3.63, 3.8) is 0 Å². The molecule has 2 aromatic rings. The lowest BCUT2D eigenvalue weighted by Gasteiger charge is -2.39. The van der Waals surface area contributed by atoms with E-state index in [0.29, 0.717) is 11.9 Å². The summed E-state index contributed by atoms with van der Waals surface area (Å²) >= 11 is 0. The van der Waals surface area contributed by atoms with Gasteiger partial charge < -0.3 is 10.1 Å². The molecule has 0 bridgehead atoms. The largest absolute Gasteiger partial charge is 0.381 e. The molecule has 1 amide bonds. The highest BCUT2D eigenvalue weighted by atomic mass is 16.5. The molecule has 4 rings (SSSR count). The minimum Gasteiger partial charge on any atom is -0.381 e. The zero-order valence-corrected chi connectivity index (χ0v) is 15.8. The molecule has 3 heterocycles. The molecule has 7 nitrogen and oxygen atoms in total. The van der Waals surface area contributed by atoms with Crippen LogP contribution in [0.1, 0.15) is 31.5 Å². The molecule has 144 valence electrons. The Morgan fingerprint density at radius 2 is 2.15 bits per heavy atom. The number of hydrogen-bond acceptors (Lipinski definition) is 5. The summed E-state index contributed by atoms with van der Waals surface area (Å²) < 4.78 is 5.47. The van der Waals surface area contributed by atoms with Crippen molar-refractivity contribution in [3.05, 3.63) is 30.1 Å². The molecule has 1 aromatic heterocycles. The molecule has 0 radical (unpaired) electrons. The zero-order chi connectivity index (χ0) is 18.6. The fourth-order valence-corrected chi connectivity index (χ4v) is 4.05. The van der Waals surface area contributed by atoms with Crippen LogP contribution >= 0.6 is 0 Å². The van der Waals surface area contributed by atoms with Gasteiger partial charge in [-0.2, -0.15) is 5.10 Å². The van der Waals surface area contributed by atoms with Crippen molar-refractivity contribution >= 4 is 11.6 Å². The van der Waals surface area contributed by atoms with E-state index in [1.54, 1.807) is 0 Å². The van der Waals surface area contributed by atoms with E-state index in [-0.39, 0.29) is 11.8 Å². The number of aromatic amines is 1. The van der Waals surface area contributed by atoms with Crippen molar-refractivity contribution in [1.29, 1.82) is 0 Å². The van der Waals surface area contributed by atoms with E-state index in [9.17, 15) is 4.79 Å². The van der Waals surface area contributed by atoms with Crippen molar-refractivity contribution in [2.24, 2.45) is 5.92 Å². The number of nitrogens with one attached hydrogen (secondary N) is 2. The molecule has 0 aliphatic carbocycles. The average Bonchev–Trinajstić information content (AvgIpc) is 3.15. The second-order valence-electron chi connectivity index (χ2n) is 7.49. The summed E-state index contributed by atoms with van der Waals surface area (Å²) in [7, 11) is 0.